The van der Waals surface area contributed by atoms with Gasteiger partial charge in [0.2, 0.25) is 11.8 Å². The van der Waals surface area contributed by atoms with E-state index in [1.54, 1.807) is 31.1 Å². The molecule has 1 heterocycles. The molecule has 1 fully saturated rings. The summed E-state index contributed by atoms with van der Waals surface area (Å²) in [7, 11) is 1.60. The van der Waals surface area contributed by atoms with Gasteiger partial charge in [0.1, 0.15) is 17.5 Å². The van der Waals surface area contributed by atoms with Crippen molar-refractivity contribution in [1.82, 2.24) is 10.2 Å². The fourth-order valence-electron chi connectivity index (χ4n) is 4.31. The van der Waals surface area contributed by atoms with Crippen LogP contribution in [0.3, 0.4) is 0 Å². The van der Waals surface area contributed by atoms with Gasteiger partial charge in [0.15, 0.2) is 6.10 Å². The third-order valence-electron chi connectivity index (χ3n) is 6.36. The van der Waals surface area contributed by atoms with Crippen molar-refractivity contribution in [3.63, 3.8) is 0 Å². The van der Waals surface area contributed by atoms with E-state index in [1.165, 1.54) is 0 Å². The second-order valence-corrected chi connectivity index (χ2v) is 8.98. The molecule has 200 valence electrons. The summed E-state index contributed by atoms with van der Waals surface area (Å²) in [6.07, 6.45) is 1.58. The first-order valence-corrected chi connectivity index (χ1v) is 12.7. The summed E-state index contributed by atoms with van der Waals surface area (Å²) in [6.45, 7) is 4.73. The predicted octanol–water partition coefficient (Wildman–Crippen LogP) is 2.59. The van der Waals surface area contributed by atoms with Gasteiger partial charge in [0, 0.05) is 13.1 Å². The molecule has 0 radical (unpaired) electrons. The summed E-state index contributed by atoms with van der Waals surface area (Å²) in [5, 5.41) is 2.93. The number of benzene rings is 2. The lowest BCUT2D eigenvalue weighted by Gasteiger charge is -2.27. The summed E-state index contributed by atoms with van der Waals surface area (Å²) >= 11 is 0. The van der Waals surface area contributed by atoms with Crippen molar-refractivity contribution < 1.29 is 28.6 Å². The molecule has 1 unspecified atom stereocenters. The monoisotopic (exact) mass is 511 g/mol. The summed E-state index contributed by atoms with van der Waals surface area (Å²) in [5.74, 6) is 0.483. The van der Waals surface area contributed by atoms with Crippen LogP contribution in [-0.4, -0.2) is 61.1 Å². The van der Waals surface area contributed by atoms with E-state index in [4.69, 9.17) is 19.9 Å². The average molecular weight is 512 g/mol. The minimum absolute atomic E-state index is 0.198. The van der Waals surface area contributed by atoms with E-state index in [2.05, 4.69) is 5.32 Å². The highest BCUT2D eigenvalue weighted by Gasteiger charge is 2.36. The Morgan fingerprint density at radius 2 is 1.68 bits per heavy atom. The first kappa shape index (κ1) is 28.0. The summed E-state index contributed by atoms with van der Waals surface area (Å²) in [6, 6.07) is 13.3. The van der Waals surface area contributed by atoms with Crippen LogP contribution >= 0.6 is 0 Å². The van der Waals surface area contributed by atoms with Crippen LogP contribution in [0.2, 0.25) is 0 Å². The summed E-state index contributed by atoms with van der Waals surface area (Å²) in [4.78, 5) is 39.5. The molecule has 9 nitrogen and oxygen atoms in total. The molecule has 3 atom stereocenters. The number of ether oxygens (including phenoxy) is 3. The SMILES string of the molecule is CCOC(=O)C(CC)Oc1ccc(CNC(=O)[C@@H]2CCCN2C(=O)[C@@H](N)Cc2ccc(OC)cc2)cc1. The van der Waals surface area contributed by atoms with Gasteiger partial charge < -0.3 is 30.2 Å². The Balaban J connectivity index is 1.51. The number of amides is 2. The van der Waals surface area contributed by atoms with Gasteiger partial charge in [0.25, 0.3) is 0 Å². The maximum Gasteiger partial charge on any atom is 0.347 e. The molecule has 0 spiro atoms. The van der Waals surface area contributed by atoms with Gasteiger partial charge in [-0.15, -0.1) is 0 Å². The van der Waals surface area contributed by atoms with E-state index in [9.17, 15) is 14.4 Å². The molecule has 0 aliphatic carbocycles. The molecule has 1 aliphatic heterocycles. The highest BCUT2D eigenvalue weighted by molar-refractivity contribution is 5.90. The molecule has 2 aromatic carbocycles. The van der Waals surface area contributed by atoms with E-state index in [0.717, 1.165) is 23.3 Å². The number of carbonyl (C=O) groups is 3. The largest absolute Gasteiger partial charge is 0.497 e. The molecule has 2 aromatic rings. The van der Waals surface area contributed by atoms with Crippen LogP contribution in [0.5, 0.6) is 11.5 Å². The Morgan fingerprint density at radius 1 is 1.03 bits per heavy atom. The molecule has 37 heavy (non-hydrogen) atoms. The fourth-order valence-corrected chi connectivity index (χ4v) is 4.31. The second kappa shape index (κ2) is 13.6. The molecule has 1 aliphatic rings. The first-order valence-electron chi connectivity index (χ1n) is 12.7. The van der Waals surface area contributed by atoms with Gasteiger partial charge in [-0.1, -0.05) is 31.2 Å². The lowest BCUT2D eigenvalue weighted by molar-refractivity contribution is -0.151. The van der Waals surface area contributed by atoms with Crippen molar-refractivity contribution in [3.8, 4) is 11.5 Å². The molecule has 3 N–H and O–H groups in total. The van der Waals surface area contributed by atoms with Crippen LogP contribution in [0, 0.1) is 0 Å². The molecular weight excluding hydrogens is 474 g/mol. The van der Waals surface area contributed by atoms with E-state index in [-0.39, 0.29) is 17.8 Å². The number of carbonyl (C=O) groups excluding carboxylic acids is 3. The number of hydrogen-bond donors (Lipinski definition) is 2. The molecule has 0 aromatic heterocycles. The Kier molecular flexibility index (Phi) is 10.3. The fraction of sp³-hybridized carbons (Fsp3) is 0.464. The van der Waals surface area contributed by atoms with E-state index >= 15 is 0 Å². The lowest BCUT2D eigenvalue weighted by atomic mass is 10.0. The third-order valence-corrected chi connectivity index (χ3v) is 6.36. The topological polar surface area (TPSA) is 120 Å². The highest BCUT2D eigenvalue weighted by atomic mass is 16.6. The Morgan fingerprint density at radius 3 is 2.30 bits per heavy atom. The molecule has 0 saturated carbocycles. The van der Waals surface area contributed by atoms with E-state index in [0.29, 0.717) is 44.7 Å². The number of likely N-dealkylation sites (tertiary alicyclic amines) is 1. The smallest absolute Gasteiger partial charge is 0.347 e. The number of methoxy groups -OCH3 is 1. The minimum Gasteiger partial charge on any atom is -0.497 e. The van der Waals surface area contributed by atoms with E-state index in [1.807, 2.05) is 43.3 Å². The second-order valence-electron chi connectivity index (χ2n) is 8.98. The molecule has 3 rings (SSSR count). The van der Waals surface area contributed by atoms with Crippen molar-refractivity contribution in [2.75, 3.05) is 20.3 Å². The van der Waals surface area contributed by atoms with Gasteiger partial charge in [-0.2, -0.15) is 0 Å². The number of esters is 1. The average Bonchev–Trinajstić information content (AvgIpc) is 3.41. The Bertz CT molecular complexity index is 1040. The van der Waals surface area contributed by atoms with Crippen molar-refractivity contribution in [1.29, 1.82) is 0 Å². The summed E-state index contributed by atoms with van der Waals surface area (Å²) in [5.41, 5.74) is 8.03. The standard InChI is InChI=1S/C28H37N3O6/c1-4-25(28(34)36-5-2)37-22-14-10-20(11-15-22)18-30-26(32)24-7-6-16-31(24)27(33)23(29)17-19-8-12-21(35-3)13-9-19/h8-15,23-25H,4-7,16-18,29H2,1-3H3,(H,30,32)/t23-,24-,25?/m0/s1. The van der Waals surface area contributed by atoms with Gasteiger partial charge in [-0.25, -0.2) is 4.79 Å². The predicted molar refractivity (Wildman–Crippen MR) is 139 cm³/mol. The molecule has 1 saturated heterocycles. The van der Waals surface area contributed by atoms with Crippen LogP contribution in [-0.2, 0) is 32.1 Å². The highest BCUT2D eigenvalue weighted by Crippen LogP contribution is 2.21. The van der Waals surface area contributed by atoms with E-state index < -0.39 is 18.2 Å². The number of rotatable bonds is 12. The number of nitrogens with one attached hydrogen (secondary N) is 1. The minimum atomic E-state index is -0.726. The van der Waals surface area contributed by atoms with Crippen LogP contribution in [0.4, 0.5) is 0 Å². The van der Waals surface area contributed by atoms with Crippen molar-refractivity contribution in [2.24, 2.45) is 5.73 Å². The van der Waals surface area contributed by atoms with Gasteiger partial charge >= 0.3 is 5.97 Å². The van der Waals surface area contributed by atoms with Gasteiger partial charge in [0.05, 0.1) is 19.8 Å². The van der Waals surface area contributed by atoms with Crippen molar-refractivity contribution in [2.45, 2.75) is 64.3 Å². The Labute approximate surface area is 218 Å². The van der Waals surface area contributed by atoms with Gasteiger partial charge in [-0.3, -0.25) is 9.59 Å². The normalized spacial score (nSPS) is 16.5. The zero-order valence-corrected chi connectivity index (χ0v) is 21.8. The first-order chi connectivity index (χ1) is 17.9. The third kappa shape index (κ3) is 7.69. The van der Waals surface area contributed by atoms with Crippen LogP contribution in [0.15, 0.2) is 48.5 Å². The molecule has 0 bridgehead atoms. The van der Waals surface area contributed by atoms with Gasteiger partial charge in [-0.05, 0) is 68.0 Å². The maximum absolute atomic E-state index is 13.1. The number of hydrogen-bond acceptors (Lipinski definition) is 7. The lowest BCUT2D eigenvalue weighted by Crippen LogP contribution is -2.51. The zero-order valence-electron chi connectivity index (χ0n) is 21.8. The zero-order chi connectivity index (χ0) is 26.8. The quantitative estimate of drug-likeness (QED) is 0.420. The van der Waals surface area contributed by atoms with Crippen LogP contribution in [0.25, 0.3) is 0 Å². The number of nitrogens with zero attached hydrogens (tertiary/aromatic N) is 1. The molecule has 2 amide bonds. The molecule has 9 heteroatoms. The molecular formula is C28H37N3O6. The van der Waals surface area contributed by atoms with Crippen LogP contribution in [0.1, 0.15) is 44.2 Å². The maximum atomic E-state index is 13.1. The van der Waals surface area contributed by atoms with Crippen molar-refractivity contribution in [3.05, 3.63) is 59.7 Å². The van der Waals surface area contributed by atoms with Crippen molar-refractivity contribution >= 4 is 17.8 Å². The summed E-state index contributed by atoms with van der Waals surface area (Å²) < 4.78 is 15.9. The number of nitrogens with two attached hydrogens (primary N) is 1. The van der Waals surface area contributed by atoms with Crippen LogP contribution < -0.4 is 20.5 Å². The Hall–Kier alpha value is -3.59.